The second kappa shape index (κ2) is 11.2. The van der Waals surface area contributed by atoms with E-state index in [1.54, 1.807) is 31.2 Å². The monoisotopic (exact) mass is 424 g/mol. The van der Waals surface area contributed by atoms with Crippen LogP contribution >= 0.6 is 11.8 Å². The van der Waals surface area contributed by atoms with Crippen LogP contribution in [0.15, 0.2) is 88.5 Å². The molecule has 0 bridgehead atoms. The highest BCUT2D eigenvalue weighted by atomic mass is 32.2. The molecule has 0 unspecified atom stereocenters. The van der Waals surface area contributed by atoms with Crippen molar-refractivity contribution >= 4 is 23.6 Å². The molecule has 2 aromatic rings. The Morgan fingerprint density at radius 1 is 1.17 bits per heavy atom. The number of thioether (sulfide) groups is 1. The number of allylic oxidation sites excluding steroid dienone is 2. The molecule has 0 heterocycles. The lowest BCUT2D eigenvalue weighted by atomic mass is 10.1. The minimum Gasteiger partial charge on any atom is -0.366 e. The van der Waals surface area contributed by atoms with Crippen LogP contribution in [0.4, 0.5) is 4.39 Å². The van der Waals surface area contributed by atoms with Crippen LogP contribution in [0, 0.1) is 6.92 Å². The molecule has 2 amide bonds. The maximum atomic E-state index is 14.7. The number of hydrogen-bond donors (Lipinski definition) is 2. The Morgan fingerprint density at radius 3 is 2.47 bits per heavy atom. The van der Waals surface area contributed by atoms with Crippen LogP contribution in [0.25, 0.3) is 0 Å². The van der Waals surface area contributed by atoms with Gasteiger partial charge in [0.15, 0.2) is 0 Å². The summed E-state index contributed by atoms with van der Waals surface area (Å²) in [5.74, 6) is -1.76. The molecule has 156 valence electrons. The first-order valence-electron chi connectivity index (χ1n) is 9.45. The van der Waals surface area contributed by atoms with E-state index < -0.39 is 17.6 Å². The first-order valence-corrected chi connectivity index (χ1v) is 10.3. The number of nitrogens with two attached hydrogens (primary N) is 1. The van der Waals surface area contributed by atoms with E-state index in [0.29, 0.717) is 28.3 Å². The van der Waals surface area contributed by atoms with Gasteiger partial charge in [0.25, 0.3) is 5.91 Å². The molecule has 0 spiro atoms. The van der Waals surface area contributed by atoms with E-state index in [1.807, 2.05) is 31.2 Å². The zero-order valence-electron chi connectivity index (χ0n) is 17.1. The number of rotatable bonds is 9. The smallest absolute Gasteiger partial charge is 0.253 e. The zero-order valence-corrected chi connectivity index (χ0v) is 17.9. The van der Waals surface area contributed by atoms with Gasteiger partial charge in [0.05, 0.1) is 11.1 Å². The van der Waals surface area contributed by atoms with Crippen molar-refractivity contribution < 1.29 is 14.0 Å². The Hall–Kier alpha value is -3.12. The number of carbonyl (C=O) groups excluding carboxylic acids is 2. The van der Waals surface area contributed by atoms with Crippen molar-refractivity contribution in [1.29, 1.82) is 0 Å². The number of amides is 2. The highest BCUT2D eigenvalue weighted by Gasteiger charge is 2.15. The Balaban J connectivity index is 1.98. The van der Waals surface area contributed by atoms with Gasteiger partial charge < -0.3 is 11.1 Å². The van der Waals surface area contributed by atoms with Crippen LogP contribution in [0.3, 0.4) is 0 Å². The molecule has 0 saturated heterocycles. The minimum absolute atomic E-state index is 0.0659. The molecule has 0 atom stereocenters. The number of primary amides is 1. The molecule has 6 heteroatoms. The summed E-state index contributed by atoms with van der Waals surface area (Å²) in [6.45, 7) is 7.82. The molecule has 0 aliphatic rings. The third-order valence-electron chi connectivity index (χ3n) is 4.29. The van der Waals surface area contributed by atoms with E-state index in [2.05, 4.69) is 11.9 Å². The van der Waals surface area contributed by atoms with Crippen molar-refractivity contribution in [2.75, 3.05) is 6.54 Å². The van der Waals surface area contributed by atoms with Gasteiger partial charge >= 0.3 is 0 Å². The van der Waals surface area contributed by atoms with Gasteiger partial charge in [-0.3, -0.25) is 9.59 Å². The van der Waals surface area contributed by atoms with Crippen LogP contribution in [-0.4, -0.2) is 18.4 Å². The van der Waals surface area contributed by atoms with Gasteiger partial charge in [0.2, 0.25) is 5.91 Å². The second-order valence-corrected chi connectivity index (χ2v) is 7.78. The van der Waals surface area contributed by atoms with Crippen LogP contribution in [0.1, 0.15) is 28.4 Å². The topological polar surface area (TPSA) is 72.2 Å². The van der Waals surface area contributed by atoms with E-state index in [9.17, 15) is 14.0 Å². The summed E-state index contributed by atoms with van der Waals surface area (Å²) < 4.78 is 14.7. The maximum Gasteiger partial charge on any atom is 0.253 e. The number of aryl methyl sites for hydroxylation is 1. The van der Waals surface area contributed by atoms with Crippen LogP contribution in [0.2, 0.25) is 0 Å². The van der Waals surface area contributed by atoms with Gasteiger partial charge in [-0.05, 0) is 44.0 Å². The minimum atomic E-state index is -0.695. The van der Waals surface area contributed by atoms with Gasteiger partial charge in [-0.2, -0.15) is 0 Å². The molecule has 0 radical (unpaired) electrons. The third kappa shape index (κ3) is 6.74. The Morgan fingerprint density at radius 2 is 1.83 bits per heavy atom. The molecule has 0 aliphatic heterocycles. The quantitative estimate of drug-likeness (QED) is 0.343. The molecule has 2 rings (SSSR count). The summed E-state index contributed by atoms with van der Waals surface area (Å²) in [6, 6.07) is 14.8. The predicted octanol–water partition coefficient (Wildman–Crippen LogP) is 4.86. The number of hydrogen-bond acceptors (Lipinski definition) is 3. The average Bonchev–Trinajstić information content (AvgIpc) is 2.70. The Bertz CT molecular complexity index is 995. The van der Waals surface area contributed by atoms with Crippen LogP contribution < -0.4 is 11.1 Å². The first-order chi connectivity index (χ1) is 14.3. The van der Waals surface area contributed by atoms with E-state index in [0.717, 1.165) is 17.3 Å². The molecule has 0 fully saturated rings. The summed E-state index contributed by atoms with van der Waals surface area (Å²) in [5.41, 5.74) is 7.89. The number of nitrogens with one attached hydrogen (secondary N) is 1. The Labute approximate surface area is 180 Å². The zero-order chi connectivity index (χ0) is 22.1. The van der Waals surface area contributed by atoms with Crippen LogP contribution in [0.5, 0.6) is 0 Å². The standard InChI is InChI=1S/C24H25FN2O2S/c1-4-19(24(29)27-14-13-18-11-9-16(2)10-12-18)21(25)15-17(3)30-22-8-6-5-7-20(22)23(26)28/h4-12,15H,3,13-14H2,1-2H3,(H2,26,28)(H,27,29)/b19-4+,21-15+. The number of halogens is 1. The lowest BCUT2D eigenvalue weighted by molar-refractivity contribution is -0.117. The van der Waals surface area contributed by atoms with Crippen molar-refractivity contribution in [2.24, 2.45) is 5.73 Å². The van der Waals surface area contributed by atoms with Crippen LogP contribution in [-0.2, 0) is 11.2 Å². The van der Waals surface area contributed by atoms with Gasteiger partial charge in [-0.25, -0.2) is 4.39 Å². The molecule has 3 N–H and O–H groups in total. The van der Waals surface area contributed by atoms with Crippen molar-refractivity contribution in [3.05, 3.63) is 100 Å². The molecule has 2 aromatic carbocycles. The molecular weight excluding hydrogens is 399 g/mol. The van der Waals surface area contributed by atoms with Crippen molar-refractivity contribution in [2.45, 2.75) is 25.2 Å². The first kappa shape index (κ1) is 23.2. The Kier molecular flexibility index (Phi) is 8.62. The van der Waals surface area contributed by atoms with Gasteiger partial charge in [-0.1, -0.05) is 66.4 Å². The number of carbonyl (C=O) groups is 2. The summed E-state index contributed by atoms with van der Waals surface area (Å²) >= 11 is 1.11. The normalized spacial score (nSPS) is 11.8. The van der Waals surface area contributed by atoms with Crippen molar-refractivity contribution in [3.8, 4) is 0 Å². The molecular formula is C24H25FN2O2S. The summed E-state index contributed by atoms with van der Waals surface area (Å²) in [4.78, 5) is 24.8. The third-order valence-corrected chi connectivity index (χ3v) is 5.25. The fourth-order valence-corrected chi connectivity index (χ4v) is 3.57. The number of benzene rings is 2. The van der Waals surface area contributed by atoms with Gasteiger partial charge in [0, 0.05) is 16.3 Å². The summed E-state index contributed by atoms with van der Waals surface area (Å²) in [6.07, 6.45) is 3.25. The SMILES string of the molecule is C=C(/C=C(F)\C(=C/C)C(=O)NCCc1ccc(C)cc1)Sc1ccccc1C(N)=O. The van der Waals surface area contributed by atoms with E-state index >= 15 is 0 Å². The van der Waals surface area contributed by atoms with Crippen molar-refractivity contribution in [1.82, 2.24) is 5.32 Å². The second-order valence-electron chi connectivity index (χ2n) is 6.61. The highest BCUT2D eigenvalue weighted by Crippen LogP contribution is 2.31. The predicted molar refractivity (Wildman–Crippen MR) is 121 cm³/mol. The van der Waals surface area contributed by atoms with Crippen molar-refractivity contribution in [3.63, 3.8) is 0 Å². The average molecular weight is 425 g/mol. The molecule has 0 aliphatic carbocycles. The maximum absolute atomic E-state index is 14.7. The van der Waals surface area contributed by atoms with E-state index in [-0.39, 0.29) is 5.57 Å². The van der Waals surface area contributed by atoms with E-state index in [1.165, 1.54) is 17.7 Å². The lowest BCUT2D eigenvalue weighted by Crippen LogP contribution is -2.27. The fraction of sp³-hybridized carbons (Fsp3) is 0.167. The molecule has 30 heavy (non-hydrogen) atoms. The molecule has 0 aromatic heterocycles. The summed E-state index contributed by atoms with van der Waals surface area (Å²) in [7, 11) is 0. The largest absolute Gasteiger partial charge is 0.366 e. The van der Waals surface area contributed by atoms with E-state index in [4.69, 9.17) is 5.73 Å². The van der Waals surface area contributed by atoms with Gasteiger partial charge in [0.1, 0.15) is 5.83 Å². The fourth-order valence-electron chi connectivity index (χ4n) is 2.70. The molecule has 4 nitrogen and oxygen atoms in total. The van der Waals surface area contributed by atoms with Gasteiger partial charge in [-0.15, -0.1) is 0 Å². The summed E-state index contributed by atoms with van der Waals surface area (Å²) in [5, 5.41) is 2.74. The molecule has 0 saturated carbocycles. The highest BCUT2D eigenvalue weighted by molar-refractivity contribution is 8.03. The lowest BCUT2D eigenvalue weighted by Gasteiger charge is -2.09.